The molecule has 2 amide bonds. The fourth-order valence-electron chi connectivity index (χ4n) is 6.49. The summed E-state index contributed by atoms with van der Waals surface area (Å²) in [6, 6.07) is 10.9. The summed E-state index contributed by atoms with van der Waals surface area (Å²) in [4.78, 5) is 40.9. The van der Waals surface area contributed by atoms with Crippen molar-refractivity contribution in [2.45, 2.75) is 61.9 Å². The van der Waals surface area contributed by atoms with Crippen molar-refractivity contribution >= 4 is 39.6 Å². The Morgan fingerprint density at radius 3 is 2.54 bits per heavy atom. The first-order chi connectivity index (χ1) is 19.7. The average Bonchev–Trinajstić information content (AvgIpc) is 3.62. The van der Waals surface area contributed by atoms with Crippen LogP contribution in [-0.4, -0.2) is 78.5 Å². The number of aliphatic carboxylic acids is 1. The lowest BCUT2D eigenvalue weighted by atomic mass is 9.83. The highest BCUT2D eigenvalue weighted by atomic mass is 16.7. The number of aromatic nitrogens is 2. The second-order valence-electron chi connectivity index (χ2n) is 10.8. The van der Waals surface area contributed by atoms with E-state index in [4.69, 9.17) is 9.47 Å². The molecule has 3 aliphatic rings. The minimum absolute atomic E-state index is 0.181. The lowest BCUT2D eigenvalue weighted by molar-refractivity contribution is -0.271. The number of aliphatic hydroxyl groups excluding tert-OH is 3. The molecule has 7 atom stereocenters. The number of aliphatic hydroxyl groups is 3. The molecule has 0 aliphatic carbocycles. The van der Waals surface area contributed by atoms with Crippen molar-refractivity contribution in [2.75, 3.05) is 0 Å². The van der Waals surface area contributed by atoms with Crippen LogP contribution < -0.4 is 10.1 Å². The second kappa shape index (κ2) is 9.42. The van der Waals surface area contributed by atoms with Crippen molar-refractivity contribution in [3.05, 3.63) is 65.5 Å². The highest BCUT2D eigenvalue weighted by Gasteiger charge is 2.48. The Hall–Kier alpha value is -4.23. The molecular formula is C29H27N3O9. The van der Waals surface area contributed by atoms with Crippen molar-refractivity contribution in [1.82, 2.24) is 14.9 Å². The van der Waals surface area contributed by atoms with E-state index in [2.05, 4.69) is 20.9 Å². The third-order valence-electron chi connectivity index (χ3n) is 8.42. The van der Waals surface area contributed by atoms with Gasteiger partial charge in [-0.2, -0.15) is 0 Å². The van der Waals surface area contributed by atoms with E-state index in [-0.39, 0.29) is 17.6 Å². The molecule has 1 unspecified atom stereocenters. The fraction of sp³-hybridized carbons (Fsp3) is 0.345. The molecular weight excluding hydrogens is 534 g/mol. The lowest BCUT2D eigenvalue weighted by Crippen LogP contribution is -2.61. The number of carbonyl (C=O) groups excluding carboxylic acids is 2. The molecule has 6 N–H and O–H groups in total. The Balaban J connectivity index is 1.22. The van der Waals surface area contributed by atoms with E-state index < -0.39 is 48.5 Å². The van der Waals surface area contributed by atoms with Gasteiger partial charge in [-0.3, -0.25) is 14.9 Å². The standard InChI is InChI=1S/C29H27N3O9/c33-22-23(34)25(28(38)39)41-29(24(22)35)40-13-6-7-14-16(10-30-18(14)9-13)19-20(27(37)31-26(19)36)17-11-32-8-2-4-12-3-1-5-15(17)21(12)32/h1,3,5-7,9-11,19-20,22-25,29-30,33-35H,2,4,8H2,(H,38,39)(H,31,36,37)/t19-,20-,22-,23-,24+,25-,29?/m0/s1. The van der Waals surface area contributed by atoms with E-state index in [9.17, 15) is 34.8 Å². The summed E-state index contributed by atoms with van der Waals surface area (Å²) < 4.78 is 13.0. The monoisotopic (exact) mass is 561 g/mol. The predicted molar refractivity (Wildman–Crippen MR) is 142 cm³/mol. The van der Waals surface area contributed by atoms with Gasteiger partial charge in [0.25, 0.3) is 0 Å². The molecule has 2 saturated heterocycles. The van der Waals surface area contributed by atoms with Gasteiger partial charge in [0.2, 0.25) is 18.1 Å². The number of benzene rings is 2. The van der Waals surface area contributed by atoms with E-state index in [1.807, 2.05) is 18.3 Å². The molecule has 212 valence electrons. The number of imide groups is 1. The molecule has 41 heavy (non-hydrogen) atoms. The summed E-state index contributed by atoms with van der Waals surface area (Å²) in [5.74, 6) is -3.57. The number of H-pyrrole nitrogens is 1. The molecule has 3 aliphatic heterocycles. The van der Waals surface area contributed by atoms with Gasteiger partial charge in [0, 0.05) is 41.3 Å². The van der Waals surface area contributed by atoms with E-state index in [0.29, 0.717) is 16.5 Å². The number of carboxylic acids is 1. The number of carboxylic acid groups (broad SMARTS) is 1. The van der Waals surface area contributed by atoms with Crippen LogP contribution in [0.25, 0.3) is 21.8 Å². The molecule has 7 rings (SSSR count). The van der Waals surface area contributed by atoms with Gasteiger partial charge >= 0.3 is 5.97 Å². The zero-order valence-corrected chi connectivity index (χ0v) is 21.6. The van der Waals surface area contributed by atoms with Crippen LogP contribution in [0.3, 0.4) is 0 Å². The van der Waals surface area contributed by atoms with Gasteiger partial charge in [0.05, 0.1) is 17.4 Å². The van der Waals surface area contributed by atoms with Crippen LogP contribution in [-0.2, 0) is 32.1 Å². The summed E-state index contributed by atoms with van der Waals surface area (Å²) in [5, 5.41) is 43.7. The van der Waals surface area contributed by atoms with Crippen LogP contribution in [0.5, 0.6) is 5.75 Å². The van der Waals surface area contributed by atoms with Gasteiger partial charge in [-0.25, -0.2) is 4.79 Å². The number of nitrogens with zero attached hydrogens (tertiary/aromatic N) is 1. The van der Waals surface area contributed by atoms with E-state index in [1.54, 1.807) is 24.4 Å². The summed E-state index contributed by atoms with van der Waals surface area (Å²) in [6.45, 7) is 0.846. The van der Waals surface area contributed by atoms with Crippen molar-refractivity contribution in [3.63, 3.8) is 0 Å². The van der Waals surface area contributed by atoms with Gasteiger partial charge in [0.15, 0.2) is 6.10 Å². The van der Waals surface area contributed by atoms with Crippen LogP contribution >= 0.6 is 0 Å². The van der Waals surface area contributed by atoms with Gasteiger partial charge in [0.1, 0.15) is 24.1 Å². The average molecular weight is 562 g/mol. The first-order valence-corrected chi connectivity index (χ1v) is 13.4. The molecule has 2 aromatic heterocycles. The number of fused-ring (bicyclic) bond motifs is 1. The van der Waals surface area contributed by atoms with Crippen molar-refractivity contribution in [1.29, 1.82) is 0 Å². The number of hydrogen-bond donors (Lipinski definition) is 6. The fourth-order valence-corrected chi connectivity index (χ4v) is 6.49. The maximum Gasteiger partial charge on any atom is 0.335 e. The van der Waals surface area contributed by atoms with Gasteiger partial charge < -0.3 is 39.5 Å². The maximum atomic E-state index is 13.2. The van der Waals surface area contributed by atoms with Crippen LogP contribution in [0.2, 0.25) is 0 Å². The normalized spacial score (nSPS) is 29.7. The molecule has 12 nitrogen and oxygen atoms in total. The van der Waals surface area contributed by atoms with E-state index in [1.165, 1.54) is 5.56 Å². The number of amides is 2. The Bertz CT molecular complexity index is 1730. The molecule has 0 bridgehead atoms. The van der Waals surface area contributed by atoms with E-state index >= 15 is 0 Å². The molecule has 0 spiro atoms. The zero-order chi connectivity index (χ0) is 28.6. The minimum atomic E-state index is -1.83. The number of ether oxygens (including phenoxy) is 2. The zero-order valence-electron chi connectivity index (χ0n) is 21.6. The third-order valence-corrected chi connectivity index (χ3v) is 8.42. The second-order valence-corrected chi connectivity index (χ2v) is 10.8. The lowest BCUT2D eigenvalue weighted by Gasteiger charge is -2.38. The molecule has 0 radical (unpaired) electrons. The summed E-state index contributed by atoms with van der Waals surface area (Å²) >= 11 is 0. The van der Waals surface area contributed by atoms with Gasteiger partial charge in [-0.1, -0.05) is 18.2 Å². The molecule has 2 fully saturated rings. The number of rotatable bonds is 5. The van der Waals surface area contributed by atoms with Crippen molar-refractivity contribution in [2.24, 2.45) is 0 Å². The summed E-state index contributed by atoms with van der Waals surface area (Å²) in [6.07, 6.45) is -3.04. The Morgan fingerprint density at radius 2 is 1.76 bits per heavy atom. The number of carbonyl (C=O) groups is 3. The van der Waals surface area contributed by atoms with Crippen molar-refractivity contribution in [3.8, 4) is 5.75 Å². The van der Waals surface area contributed by atoms with Crippen LogP contribution in [0.4, 0.5) is 0 Å². The van der Waals surface area contributed by atoms with Crippen LogP contribution in [0.1, 0.15) is 34.9 Å². The molecule has 5 heterocycles. The van der Waals surface area contributed by atoms with Gasteiger partial charge in [-0.05, 0) is 41.7 Å². The topological polar surface area (TPSA) is 183 Å². The summed E-state index contributed by atoms with van der Waals surface area (Å²) in [5.41, 5.74) is 4.33. The number of aromatic amines is 1. The Morgan fingerprint density at radius 1 is 0.976 bits per heavy atom. The maximum absolute atomic E-state index is 13.2. The number of aryl methyl sites for hydroxylation is 2. The number of nitrogens with one attached hydrogen (secondary N) is 2. The predicted octanol–water partition coefficient (Wildman–Crippen LogP) is 0.864. The molecule has 0 saturated carbocycles. The molecule has 4 aromatic rings. The quantitative estimate of drug-likeness (QED) is 0.193. The Labute approximate surface area is 232 Å². The largest absolute Gasteiger partial charge is 0.479 e. The highest BCUT2D eigenvalue weighted by molar-refractivity contribution is 6.13. The first kappa shape index (κ1) is 25.7. The van der Waals surface area contributed by atoms with Crippen LogP contribution in [0, 0.1) is 0 Å². The smallest absolute Gasteiger partial charge is 0.335 e. The summed E-state index contributed by atoms with van der Waals surface area (Å²) in [7, 11) is 0. The highest BCUT2D eigenvalue weighted by Crippen LogP contribution is 2.44. The third kappa shape index (κ3) is 3.94. The molecule has 2 aromatic carbocycles. The van der Waals surface area contributed by atoms with Crippen molar-refractivity contribution < 1.29 is 44.3 Å². The van der Waals surface area contributed by atoms with E-state index in [0.717, 1.165) is 35.9 Å². The molecule has 12 heteroatoms. The van der Waals surface area contributed by atoms with Gasteiger partial charge in [-0.15, -0.1) is 0 Å². The number of hydrogen-bond acceptors (Lipinski definition) is 8. The number of para-hydroxylation sites is 1. The SMILES string of the molecule is O=C(O)[C@H]1OC(Oc2ccc3c([C@@H]4C(=O)NC(=O)[C@H]4c4cn5c6c(cccc46)CCC5)c[nH]c3c2)[C@H](O)[C@@H](O)[C@@H]1O. The Kier molecular flexibility index (Phi) is 5.91. The minimum Gasteiger partial charge on any atom is -0.479 e. The first-order valence-electron chi connectivity index (χ1n) is 13.4. The van der Waals surface area contributed by atoms with Crippen LogP contribution in [0.15, 0.2) is 48.8 Å².